The summed E-state index contributed by atoms with van der Waals surface area (Å²) in [5.74, 6) is -0.108. The maximum Gasteiger partial charge on any atom is 0.146 e. The van der Waals surface area contributed by atoms with Crippen molar-refractivity contribution < 1.29 is 4.39 Å². The molecule has 1 fully saturated rings. The number of nitrogens with one attached hydrogen (secondary N) is 1. The first-order chi connectivity index (χ1) is 9.72. The molecule has 20 heavy (non-hydrogen) atoms. The summed E-state index contributed by atoms with van der Waals surface area (Å²) < 4.78 is 13.8. The van der Waals surface area contributed by atoms with Gasteiger partial charge in [-0.05, 0) is 45.5 Å². The van der Waals surface area contributed by atoms with E-state index in [9.17, 15) is 4.39 Å². The van der Waals surface area contributed by atoms with E-state index in [1.807, 2.05) is 19.2 Å². The lowest BCUT2D eigenvalue weighted by atomic mass is 10.1. The minimum atomic E-state index is -0.108. The molecule has 112 valence electrons. The van der Waals surface area contributed by atoms with Gasteiger partial charge >= 0.3 is 0 Å². The fraction of sp³-hybridized carbons (Fsp3) is 0.625. The van der Waals surface area contributed by atoms with Gasteiger partial charge in [0.1, 0.15) is 5.82 Å². The highest BCUT2D eigenvalue weighted by molar-refractivity contribution is 5.47. The Morgan fingerprint density at radius 3 is 2.55 bits per heavy atom. The Morgan fingerprint density at radius 1 is 1.20 bits per heavy atom. The average molecular weight is 279 g/mol. The van der Waals surface area contributed by atoms with Crippen molar-refractivity contribution in [3.05, 3.63) is 30.1 Å². The van der Waals surface area contributed by atoms with Gasteiger partial charge in [0.2, 0.25) is 0 Å². The van der Waals surface area contributed by atoms with Crippen molar-refractivity contribution in [3.8, 4) is 0 Å². The average Bonchev–Trinajstić information content (AvgIpc) is 2.48. The molecule has 0 radical (unpaired) electrons. The van der Waals surface area contributed by atoms with E-state index in [4.69, 9.17) is 0 Å². The second-order valence-corrected chi connectivity index (χ2v) is 5.57. The number of hydrogen-bond acceptors (Lipinski definition) is 3. The fourth-order valence-electron chi connectivity index (χ4n) is 2.87. The van der Waals surface area contributed by atoms with Gasteiger partial charge in [-0.1, -0.05) is 12.1 Å². The number of piperazine rings is 1. The summed E-state index contributed by atoms with van der Waals surface area (Å²) in [6.07, 6.45) is 2.44. The van der Waals surface area contributed by atoms with Crippen molar-refractivity contribution in [1.82, 2.24) is 10.2 Å². The summed E-state index contributed by atoms with van der Waals surface area (Å²) in [5, 5.41) is 3.19. The largest absolute Gasteiger partial charge is 0.367 e. The topological polar surface area (TPSA) is 18.5 Å². The molecular formula is C16H26FN3. The zero-order chi connectivity index (χ0) is 14.4. The number of hydrogen-bond donors (Lipinski definition) is 1. The zero-order valence-corrected chi connectivity index (χ0v) is 12.6. The summed E-state index contributed by atoms with van der Waals surface area (Å²) >= 11 is 0. The molecule has 3 nitrogen and oxygen atoms in total. The number of halogens is 1. The predicted molar refractivity (Wildman–Crippen MR) is 82.8 cm³/mol. The Labute approximate surface area is 121 Å². The molecule has 0 aliphatic carbocycles. The van der Waals surface area contributed by atoms with Gasteiger partial charge in [-0.2, -0.15) is 0 Å². The third-order valence-corrected chi connectivity index (χ3v) is 4.18. The van der Waals surface area contributed by atoms with Crippen molar-refractivity contribution in [2.24, 2.45) is 0 Å². The number of para-hydroxylation sites is 1. The monoisotopic (exact) mass is 279 g/mol. The third-order valence-electron chi connectivity index (χ3n) is 4.18. The van der Waals surface area contributed by atoms with E-state index in [0.717, 1.165) is 38.4 Å². The van der Waals surface area contributed by atoms with Crippen molar-refractivity contribution in [2.75, 3.05) is 44.7 Å². The molecule has 1 atom stereocenters. The lowest BCUT2D eigenvalue weighted by Gasteiger charge is -2.39. The molecule has 1 unspecified atom stereocenters. The maximum absolute atomic E-state index is 13.8. The first-order valence-corrected chi connectivity index (χ1v) is 7.60. The van der Waals surface area contributed by atoms with Gasteiger partial charge in [0.05, 0.1) is 5.69 Å². The second kappa shape index (κ2) is 7.60. The molecule has 0 aromatic heterocycles. The highest BCUT2D eigenvalue weighted by Gasteiger charge is 2.22. The van der Waals surface area contributed by atoms with Gasteiger partial charge in [0, 0.05) is 32.2 Å². The summed E-state index contributed by atoms with van der Waals surface area (Å²) in [6, 6.07) is 7.69. The molecule has 1 saturated heterocycles. The fourth-order valence-corrected chi connectivity index (χ4v) is 2.87. The van der Waals surface area contributed by atoms with E-state index in [-0.39, 0.29) is 5.82 Å². The van der Waals surface area contributed by atoms with E-state index in [0.29, 0.717) is 6.04 Å². The molecule has 4 heteroatoms. The number of benzene rings is 1. The van der Waals surface area contributed by atoms with Crippen LogP contribution in [-0.2, 0) is 0 Å². The number of rotatable bonds is 6. The van der Waals surface area contributed by atoms with Crippen molar-refractivity contribution in [1.29, 1.82) is 0 Å². The van der Waals surface area contributed by atoms with Gasteiger partial charge in [0.25, 0.3) is 0 Å². The van der Waals surface area contributed by atoms with Crippen LogP contribution in [0.2, 0.25) is 0 Å². The van der Waals surface area contributed by atoms with Crippen LogP contribution in [0.4, 0.5) is 10.1 Å². The van der Waals surface area contributed by atoms with Crippen LogP contribution in [0.5, 0.6) is 0 Å². The summed E-state index contributed by atoms with van der Waals surface area (Å²) in [4.78, 5) is 4.68. The summed E-state index contributed by atoms with van der Waals surface area (Å²) in [7, 11) is 2.00. The normalized spacial score (nSPS) is 18.2. The molecule has 0 spiro atoms. The molecule has 1 aromatic carbocycles. The Kier molecular flexibility index (Phi) is 5.80. The summed E-state index contributed by atoms with van der Waals surface area (Å²) in [5.41, 5.74) is 0.745. The Balaban J connectivity index is 1.82. The van der Waals surface area contributed by atoms with E-state index in [2.05, 4.69) is 22.0 Å². The quantitative estimate of drug-likeness (QED) is 0.806. The van der Waals surface area contributed by atoms with E-state index in [1.165, 1.54) is 12.8 Å². The molecular weight excluding hydrogens is 253 g/mol. The van der Waals surface area contributed by atoms with Gasteiger partial charge < -0.3 is 10.2 Å². The Bertz CT molecular complexity index is 402. The molecule has 1 aromatic rings. The van der Waals surface area contributed by atoms with Crippen LogP contribution in [0, 0.1) is 5.82 Å². The van der Waals surface area contributed by atoms with Crippen LogP contribution in [0.1, 0.15) is 19.8 Å². The lowest BCUT2D eigenvalue weighted by molar-refractivity contribution is 0.186. The first kappa shape index (κ1) is 15.3. The van der Waals surface area contributed by atoms with Crippen LogP contribution in [-0.4, -0.2) is 50.7 Å². The maximum atomic E-state index is 13.8. The minimum absolute atomic E-state index is 0.108. The van der Waals surface area contributed by atoms with Gasteiger partial charge in [-0.3, -0.25) is 4.90 Å². The van der Waals surface area contributed by atoms with Gasteiger partial charge in [0.15, 0.2) is 0 Å². The molecule has 1 heterocycles. The molecule has 0 bridgehead atoms. The molecule has 0 amide bonds. The second-order valence-electron chi connectivity index (χ2n) is 5.57. The van der Waals surface area contributed by atoms with Crippen molar-refractivity contribution in [2.45, 2.75) is 25.8 Å². The SMILES string of the molecule is CNCCCC(C)N1CCN(c2ccccc2F)CC1. The van der Waals surface area contributed by atoms with E-state index in [1.54, 1.807) is 12.1 Å². The van der Waals surface area contributed by atoms with Crippen molar-refractivity contribution in [3.63, 3.8) is 0 Å². The van der Waals surface area contributed by atoms with Crippen LogP contribution in [0.25, 0.3) is 0 Å². The minimum Gasteiger partial charge on any atom is -0.367 e. The molecule has 1 aliphatic heterocycles. The van der Waals surface area contributed by atoms with E-state index < -0.39 is 0 Å². The van der Waals surface area contributed by atoms with Crippen LogP contribution < -0.4 is 10.2 Å². The van der Waals surface area contributed by atoms with Crippen molar-refractivity contribution >= 4 is 5.69 Å². The molecule has 1 N–H and O–H groups in total. The van der Waals surface area contributed by atoms with Crippen LogP contribution >= 0.6 is 0 Å². The molecule has 1 aliphatic rings. The first-order valence-electron chi connectivity index (χ1n) is 7.60. The highest BCUT2D eigenvalue weighted by Crippen LogP contribution is 2.21. The predicted octanol–water partition coefficient (Wildman–Crippen LogP) is 2.34. The standard InChI is InChI=1S/C16H26FN3/c1-14(6-5-9-18-2)19-10-12-20(13-11-19)16-8-4-3-7-15(16)17/h3-4,7-8,14,18H,5-6,9-13H2,1-2H3. The smallest absolute Gasteiger partial charge is 0.146 e. The highest BCUT2D eigenvalue weighted by atomic mass is 19.1. The molecule has 2 rings (SSSR count). The number of nitrogens with zero attached hydrogens (tertiary/aromatic N) is 2. The lowest BCUT2D eigenvalue weighted by Crippen LogP contribution is -2.49. The third kappa shape index (κ3) is 3.93. The Morgan fingerprint density at radius 2 is 1.90 bits per heavy atom. The molecule has 0 saturated carbocycles. The Hall–Kier alpha value is -1.13. The van der Waals surface area contributed by atoms with Gasteiger partial charge in [-0.15, -0.1) is 0 Å². The zero-order valence-electron chi connectivity index (χ0n) is 12.6. The number of anilines is 1. The van der Waals surface area contributed by atoms with Crippen LogP contribution in [0.3, 0.4) is 0 Å². The van der Waals surface area contributed by atoms with E-state index >= 15 is 0 Å². The summed E-state index contributed by atoms with van der Waals surface area (Å²) in [6.45, 7) is 7.26. The van der Waals surface area contributed by atoms with Gasteiger partial charge in [-0.25, -0.2) is 4.39 Å². The van der Waals surface area contributed by atoms with Crippen LogP contribution in [0.15, 0.2) is 24.3 Å².